The van der Waals surface area contributed by atoms with E-state index in [1.165, 1.54) is 17.5 Å². The minimum absolute atomic E-state index is 0.296. The highest BCUT2D eigenvalue weighted by Gasteiger charge is 2.43. The molecule has 3 aliphatic rings. The molecule has 3 unspecified atom stereocenters. The monoisotopic (exact) mass is 283 g/mol. The Hall–Kier alpha value is -1.72. The maximum Gasteiger partial charge on any atom is 0.257 e. The van der Waals surface area contributed by atoms with Gasteiger partial charge in [-0.2, -0.15) is 4.98 Å². The van der Waals surface area contributed by atoms with Crippen molar-refractivity contribution in [3.8, 4) is 11.5 Å². The molecular weight excluding hydrogens is 266 g/mol. The molecule has 2 aromatic rings. The van der Waals surface area contributed by atoms with E-state index in [1.807, 2.05) is 0 Å². The Labute approximate surface area is 122 Å². The average molecular weight is 283 g/mol. The molecule has 0 amide bonds. The molecule has 3 atom stereocenters. The first-order valence-corrected chi connectivity index (χ1v) is 7.69. The van der Waals surface area contributed by atoms with Crippen molar-refractivity contribution in [3.05, 3.63) is 35.2 Å². The highest BCUT2D eigenvalue weighted by Crippen LogP contribution is 2.43. The number of fused-ring (bicyclic) bond motifs is 3. The van der Waals surface area contributed by atoms with Crippen molar-refractivity contribution in [1.29, 1.82) is 0 Å². The van der Waals surface area contributed by atoms with Crippen LogP contribution in [0.25, 0.3) is 11.5 Å². The minimum atomic E-state index is 0.296. The first-order valence-electron chi connectivity index (χ1n) is 7.69. The molecule has 21 heavy (non-hydrogen) atoms. The van der Waals surface area contributed by atoms with E-state index in [2.05, 4.69) is 33.7 Å². The summed E-state index contributed by atoms with van der Waals surface area (Å²) in [6, 6.07) is 6.37. The Morgan fingerprint density at radius 1 is 1.14 bits per heavy atom. The third kappa shape index (κ3) is 1.84. The number of nitrogens with one attached hydrogen (secondary N) is 1. The molecule has 0 radical (unpaired) electrons. The van der Waals surface area contributed by atoms with Gasteiger partial charge >= 0.3 is 0 Å². The summed E-state index contributed by atoms with van der Waals surface area (Å²) in [5.74, 6) is 1.76. The molecule has 5 nitrogen and oxygen atoms in total. The SMILES string of the molecule is c1cc2c(cc1-c1nc(C3CC4CCC3O4)no1)CNC2. The lowest BCUT2D eigenvalue weighted by atomic mass is 9.89. The van der Waals surface area contributed by atoms with Gasteiger partial charge in [0.1, 0.15) is 0 Å². The summed E-state index contributed by atoms with van der Waals surface area (Å²) in [4.78, 5) is 4.63. The van der Waals surface area contributed by atoms with Gasteiger partial charge in [-0.3, -0.25) is 0 Å². The van der Waals surface area contributed by atoms with E-state index in [0.29, 0.717) is 24.0 Å². The first-order chi connectivity index (χ1) is 10.4. The number of benzene rings is 1. The number of aromatic nitrogens is 2. The van der Waals surface area contributed by atoms with Crippen molar-refractivity contribution in [1.82, 2.24) is 15.5 Å². The topological polar surface area (TPSA) is 60.2 Å². The highest BCUT2D eigenvalue weighted by molar-refractivity contribution is 5.56. The number of hydrogen-bond donors (Lipinski definition) is 1. The van der Waals surface area contributed by atoms with Gasteiger partial charge < -0.3 is 14.6 Å². The Balaban J connectivity index is 1.45. The molecule has 1 aromatic carbocycles. The fourth-order valence-corrected chi connectivity index (χ4v) is 3.84. The first kappa shape index (κ1) is 11.9. The van der Waals surface area contributed by atoms with E-state index < -0.39 is 0 Å². The van der Waals surface area contributed by atoms with Crippen LogP contribution in [0.3, 0.4) is 0 Å². The number of ether oxygens (including phenoxy) is 1. The van der Waals surface area contributed by atoms with Gasteiger partial charge in [0, 0.05) is 18.7 Å². The van der Waals surface area contributed by atoms with Crippen LogP contribution in [-0.4, -0.2) is 22.3 Å². The summed E-state index contributed by atoms with van der Waals surface area (Å²) in [7, 11) is 0. The third-order valence-electron chi connectivity index (χ3n) is 4.96. The molecule has 3 aliphatic heterocycles. The van der Waals surface area contributed by atoms with Gasteiger partial charge in [-0.25, -0.2) is 0 Å². The summed E-state index contributed by atoms with van der Waals surface area (Å²) < 4.78 is 11.4. The van der Waals surface area contributed by atoms with Crippen molar-refractivity contribution >= 4 is 0 Å². The molecule has 1 N–H and O–H groups in total. The Bertz CT molecular complexity index is 697. The van der Waals surface area contributed by atoms with Crippen LogP contribution in [-0.2, 0) is 17.8 Å². The van der Waals surface area contributed by atoms with Crippen LogP contribution in [0.15, 0.2) is 22.7 Å². The summed E-state index contributed by atoms with van der Waals surface area (Å²) in [6.07, 6.45) is 4.06. The third-order valence-corrected chi connectivity index (χ3v) is 4.96. The predicted molar refractivity (Wildman–Crippen MR) is 75.5 cm³/mol. The number of hydrogen-bond acceptors (Lipinski definition) is 5. The maximum atomic E-state index is 5.88. The molecule has 5 rings (SSSR count). The summed E-state index contributed by atoms with van der Waals surface area (Å²) in [5.41, 5.74) is 3.70. The van der Waals surface area contributed by atoms with Gasteiger partial charge in [-0.05, 0) is 42.5 Å². The van der Waals surface area contributed by atoms with Gasteiger partial charge in [-0.15, -0.1) is 0 Å². The standard InChI is InChI=1S/C16H17N3O2/c1-2-10-7-17-8-11(10)5-9(1)16-18-15(19-21-16)13-6-12-3-4-14(13)20-12/h1-2,5,12-14,17H,3-4,6-8H2. The van der Waals surface area contributed by atoms with E-state index in [0.717, 1.165) is 37.3 Å². The van der Waals surface area contributed by atoms with Crippen LogP contribution in [0, 0.1) is 0 Å². The van der Waals surface area contributed by atoms with Gasteiger partial charge in [0.2, 0.25) is 0 Å². The molecule has 5 heteroatoms. The van der Waals surface area contributed by atoms with Crippen molar-refractivity contribution in [3.63, 3.8) is 0 Å². The fourth-order valence-electron chi connectivity index (χ4n) is 3.84. The summed E-state index contributed by atoms with van der Waals surface area (Å²) in [5, 5.41) is 7.56. The second-order valence-corrected chi connectivity index (χ2v) is 6.26. The van der Waals surface area contributed by atoms with Crippen LogP contribution >= 0.6 is 0 Å². The van der Waals surface area contributed by atoms with Crippen molar-refractivity contribution in [2.75, 3.05) is 0 Å². The molecular formula is C16H17N3O2. The molecule has 0 saturated carbocycles. The molecule has 108 valence electrons. The minimum Gasteiger partial charge on any atom is -0.374 e. The quantitative estimate of drug-likeness (QED) is 0.917. The van der Waals surface area contributed by atoms with Gasteiger partial charge in [-0.1, -0.05) is 11.2 Å². The predicted octanol–water partition coefficient (Wildman–Crippen LogP) is 2.37. The Morgan fingerprint density at radius 2 is 2.10 bits per heavy atom. The fraction of sp³-hybridized carbons (Fsp3) is 0.500. The molecule has 2 saturated heterocycles. The molecule has 0 aliphatic carbocycles. The Morgan fingerprint density at radius 3 is 2.95 bits per heavy atom. The average Bonchev–Trinajstić information content (AvgIpc) is 3.27. The molecule has 4 heterocycles. The smallest absolute Gasteiger partial charge is 0.257 e. The van der Waals surface area contributed by atoms with Crippen LogP contribution in [0.1, 0.15) is 42.1 Å². The van der Waals surface area contributed by atoms with Crippen LogP contribution in [0.5, 0.6) is 0 Å². The molecule has 2 bridgehead atoms. The lowest BCUT2D eigenvalue weighted by Crippen LogP contribution is -2.15. The number of nitrogens with zero attached hydrogens (tertiary/aromatic N) is 2. The van der Waals surface area contributed by atoms with Crippen molar-refractivity contribution in [2.45, 2.75) is 50.5 Å². The van der Waals surface area contributed by atoms with E-state index in [9.17, 15) is 0 Å². The van der Waals surface area contributed by atoms with Gasteiger partial charge in [0.15, 0.2) is 5.82 Å². The normalized spacial score (nSPS) is 30.0. The van der Waals surface area contributed by atoms with Crippen LogP contribution in [0.2, 0.25) is 0 Å². The summed E-state index contributed by atoms with van der Waals surface area (Å²) in [6.45, 7) is 1.87. The maximum absolute atomic E-state index is 5.88. The van der Waals surface area contributed by atoms with Crippen molar-refractivity contribution in [2.24, 2.45) is 0 Å². The number of rotatable bonds is 2. The highest BCUT2D eigenvalue weighted by atomic mass is 16.5. The van der Waals surface area contributed by atoms with Gasteiger partial charge in [0.25, 0.3) is 5.89 Å². The lowest BCUT2D eigenvalue weighted by Gasteiger charge is -2.13. The van der Waals surface area contributed by atoms with E-state index in [-0.39, 0.29) is 0 Å². The van der Waals surface area contributed by atoms with Crippen LogP contribution < -0.4 is 5.32 Å². The second kappa shape index (κ2) is 4.39. The molecule has 0 spiro atoms. The zero-order valence-corrected chi connectivity index (χ0v) is 11.7. The van der Waals surface area contributed by atoms with E-state index >= 15 is 0 Å². The Kier molecular flexibility index (Phi) is 2.48. The van der Waals surface area contributed by atoms with E-state index in [1.54, 1.807) is 0 Å². The van der Waals surface area contributed by atoms with Gasteiger partial charge in [0.05, 0.1) is 18.1 Å². The molecule has 1 aromatic heterocycles. The second-order valence-electron chi connectivity index (χ2n) is 6.26. The lowest BCUT2D eigenvalue weighted by molar-refractivity contribution is 0.0996. The zero-order chi connectivity index (χ0) is 13.8. The summed E-state index contributed by atoms with van der Waals surface area (Å²) >= 11 is 0. The van der Waals surface area contributed by atoms with E-state index in [4.69, 9.17) is 9.26 Å². The van der Waals surface area contributed by atoms with Crippen LogP contribution in [0.4, 0.5) is 0 Å². The van der Waals surface area contributed by atoms with Crippen molar-refractivity contribution < 1.29 is 9.26 Å². The molecule has 2 fully saturated rings. The zero-order valence-electron chi connectivity index (χ0n) is 11.7. The largest absolute Gasteiger partial charge is 0.374 e.